The number of aromatic nitrogens is 1. The van der Waals surface area contributed by atoms with Crippen molar-refractivity contribution in [3.8, 4) is 0 Å². The summed E-state index contributed by atoms with van der Waals surface area (Å²) in [5.41, 5.74) is 0.975. The number of hydrogen-bond donors (Lipinski definition) is 0. The van der Waals surface area contributed by atoms with Crippen LogP contribution in [0.25, 0.3) is 0 Å². The van der Waals surface area contributed by atoms with Crippen LogP contribution in [-0.2, 0) is 0 Å². The maximum atomic E-state index is 11.4. The summed E-state index contributed by atoms with van der Waals surface area (Å²) in [6.45, 7) is 8.52. The Morgan fingerprint density at radius 3 is 2.38 bits per heavy atom. The Bertz CT molecular complexity index is 288. The van der Waals surface area contributed by atoms with Crippen LogP contribution in [0.2, 0.25) is 0 Å². The van der Waals surface area contributed by atoms with Gasteiger partial charge in [-0.25, -0.2) is 0 Å². The first kappa shape index (κ1) is 10.0. The van der Waals surface area contributed by atoms with Crippen molar-refractivity contribution in [1.29, 1.82) is 0 Å². The Hall–Kier alpha value is -1.05. The standard InChI is InChI=1S/C11H17NO/c1-9(11(2,3)4)10-7-5-6-8-12(10)13/h5-9H,1-4H3. The van der Waals surface area contributed by atoms with E-state index in [0.717, 1.165) is 10.4 Å². The van der Waals surface area contributed by atoms with Crippen molar-refractivity contribution in [2.24, 2.45) is 5.41 Å². The molecule has 13 heavy (non-hydrogen) atoms. The minimum absolute atomic E-state index is 0.132. The Morgan fingerprint density at radius 1 is 1.31 bits per heavy atom. The first-order chi connectivity index (χ1) is 5.93. The first-order valence-corrected chi connectivity index (χ1v) is 4.61. The van der Waals surface area contributed by atoms with E-state index in [-0.39, 0.29) is 11.3 Å². The van der Waals surface area contributed by atoms with Gasteiger partial charge in [-0.15, -0.1) is 0 Å². The average Bonchev–Trinajstić information content (AvgIpc) is 2.02. The fourth-order valence-corrected chi connectivity index (χ4v) is 1.22. The third-order valence-electron chi connectivity index (χ3n) is 2.60. The third kappa shape index (κ3) is 2.20. The highest BCUT2D eigenvalue weighted by molar-refractivity contribution is 5.05. The van der Waals surface area contributed by atoms with Gasteiger partial charge in [0.05, 0.1) is 0 Å². The van der Waals surface area contributed by atoms with E-state index in [1.54, 1.807) is 12.3 Å². The molecule has 1 unspecified atom stereocenters. The van der Waals surface area contributed by atoms with Gasteiger partial charge in [0.15, 0.2) is 11.9 Å². The molecule has 0 radical (unpaired) electrons. The van der Waals surface area contributed by atoms with Crippen molar-refractivity contribution in [3.05, 3.63) is 35.3 Å². The summed E-state index contributed by atoms with van der Waals surface area (Å²) in [6, 6.07) is 5.56. The van der Waals surface area contributed by atoms with Crippen molar-refractivity contribution in [3.63, 3.8) is 0 Å². The molecule has 0 fully saturated rings. The molecule has 1 aromatic heterocycles. The summed E-state index contributed by atoms with van der Waals surface area (Å²) in [6.07, 6.45) is 1.55. The van der Waals surface area contributed by atoms with Crippen LogP contribution < -0.4 is 4.73 Å². The van der Waals surface area contributed by atoms with Crippen LogP contribution in [0.15, 0.2) is 24.4 Å². The highest BCUT2D eigenvalue weighted by Crippen LogP contribution is 2.32. The molecular formula is C11H17NO. The average molecular weight is 179 g/mol. The Kier molecular flexibility index (Phi) is 2.60. The molecule has 2 nitrogen and oxygen atoms in total. The number of hydrogen-bond acceptors (Lipinski definition) is 1. The van der Waals surface area contributed by atoms with E-state index in [1.807, 2.05) is 12.1 Å². The molecule has 0 bridgehead atoms. The highest BCUT2D eigenvalue weighted by Gasteiger charge is 2.26. The SMILES string of the molecule is CC(c1cccc[n+]1[O-])C(C)(C)C. The Balaban J connectivity index is 3.02. The molecular weight excluding hydrogens is 162 g/mol. The fourth-order valence-electron chi connectivity index (χ4n) is 1.22. The molecule has 1 atom stereocenters. The molecule has 0 amide bonds. The topological polar surface area (TPSA) is 26.9 Å². The van der Waals surface area contributed by atoms with Crippen LogP contribution in [0.5, 0.6) is 0 Å². The lowest BCUT2D eigenvalue weighted by Gasteiger charge is -2.25. The number of pyridine rings is 1. The van der Waals surface area contributed by atoms with Gasteiger partial charge in [-0.1, -0.05) is 33.8 Å². The van der Waals surface area contributed by atoms with E-state index < -0.39 is 0 Å². The predicted molar refractivity (Wildman–Crippen MR) is 53.3 cm³/mol. The summed E-state index contributed by atoms with van der Waals surface area (Å²) >= 11 is 0. The molecule has 0 saturated carbocycles. The van der Waals surface area contributed by atoms with E-state index >= 15 is 0 Å². The van der Waals surface area contributed by atoms with Gasteiger partial charge in [0.2, 0.25) is 0 Å². The smallest absolute Gasteiger partial charge is 0.196 e. The normalized spacial score (nSPS) is 14.2. The quantitative estimate of drug-likeness (QED) is 0.480. The summed E-state index contributed by atoms with van der Waals surface area (Å²) in [7, 11) is 0. The maximum Gasteiger partial charge on any atom is 0.196 e. The summed E-state index contributed by atoms with van der Waals surface area (Å²) in [5, 5.41) is 11.4. The summed E-state index contributed by atoms with van der Waals surface area (Å²) < 4.78 is 0.954. The van der Waals surface area contributed by atoms with E-state index in [4.69, 9.17) is 0 Å². The van der Waals surface area contributed by atoms with E-state index in [2.05, 4.69) is 27.7 Å². The number of nitrogens with zero attached hydrogens (tertiary/aromatic N) is 1. The zero-order valence-electron chi connectivity index (χ0n) is 8.74. The van der Waals surface area contributed by atoms with Crippen LogP contribution in [0, 0.1) is 10.6 Å². The molecule has 0 aliphatic heterocycles. The number of rotatable bonds is 1. The van der Waals surface area contributed by atoms with Gasteiger partial charge < -0.3 is 5.21 Å². The second-order valence-electron chi connectivity index (χ2n) is 4.54. The van der Waals surface area contributed by atoms with Gasteiger partial charge in [-0.05, 0) is 5.41 Å². The Labute approximate surface area is 79.8 Å². The lowest BCUT2D eigenvalue weighted by Crippen LogP contribution is -2.35. The van der Waals surface area contributed by atoms with Crippen molar-refractivity contribution >= 4 is 0 Å². The van der Waals surface area contributed by atoms with Crippen molar-refractivity contribution in [2.45, 2.75) is 33.6 Å². The van der Waals surface area contributed by atoms with Crippen LogP contribution >= 0.6 is 0 Å². The van der Waals surface area contributed by atoms with Crippen LogP contribution in [-0.4, -0.2) is 0 Å². The van der Waals surface area contributed by atoms with Crippen molar-refractivity contribution in [2.75, 3.05) is 0 Å². The van der Waals surface area contributed by atoms with Gasteiger partial charge >= 0.3 is 0 Å². The molecule has 1 rings (SSSR count). The minimum Gasteiger partial charge on any atom is -0.618 e. The molecule has 1 heterocycles. The van der Waals surface area contributed by atoms with E-state index in [1.165, 1.54) is 0 Å². The van der Waals surface area contributed by atoms with E-state index in [0.29, 0.717) is 0 Å². The monoisotopic (exact) mass is 179 g/mol. The minimum atomic E-state index is 0.132. The zero-order chi connectivity index (χ0) is 10.1. The maximum absolute atomic E-state index is 11.4. The summed E-state index contributed by atoms with van der Waals surface area (Å²) in [4.78, 5) is 0. The zero-order valence-corrected chi connectivity index (χ0v) is 8.74. The highest BCUT2D eigenvalue weighted by atomic mass is 16.5. The third-order valence-corrected chi connectivity index (χ3v) is 2.60. The van der Waals surface area contributed by atoms with Crippen LogP contribution in [0.4, 0.5) is 0 Å². The largest absolute Gasteiger partial charge is 0.618 e. The molecule has 0 aliphatic rings. The second-order valence-corrected chi connectivity index (χ2v) is 4.54. The molecule has 1 aromatic rings. The molecule has 0 N–H and O–H groups in total. The van der Waals surface area contributed by atoms with Crippen molar-refractivity contribution in [1.82, 2.24) is 0 Å². The van der Waals surface area contributed by atoms with Gasteiger partial charge in [0, 0.05) is 18.1 Å². The lowest BCUT2D eigenvalue weighted by atomic mass is 9.80. The lowest BCUT2D eigenvalue weighted by molar-refractivity contribution is -0.616. The molecule has 2 heteroatoms. The van der Waals surface area contributed by atoms with Gasteiger partial charge in [0.25, 0.3) is 0 Å². The fraction of sp³-hybridized carbons (Fsp3) is 0.545. The Morgan fingerprint density at radius 2 is 1.92 bits per heavy atom. The molecule has 0 aromatic carbocycles. The van der Waals surface area contributed by atoms with Crippen molar-refractivity contribution < 1.29 is 4.73 Å². The first-order valence-electron chi connectivity index (χ1n) is 4.61. The van der Waals surface area contributed by atoms with E-state index in [9.17, 15) is 5.21 Å². The van der Waals surface area contributed by atoms with Gasteiger partial charge in [0.1, 0.15) is 0 Å². The predicted octanol–water partition coefficient (Wildman–Crippen LogP) is 2.47. The van der Waals surface area contributed by atoms with Gasteiger partial charge in [-0.2, -0.15) is 4.73 Å². The van der Waals surface area contributed by atoms with Crippen LogP contribution in [0.1, 0.15) is 39.3 Å². The summed E-state index contributed by atoms with van der Waals surface area (Å²) in [5.74, 6) is 0.270. The van der Waals surface area contributed by atoms with Crippen LogP contribution in [0.3, 0.4) is 0 Å². The molecule has 0 aliphatic carbocycles. The van der Waals surface area contributed by atoms with Gasteiger partial charge in [-0.3, -0.25) is 0 Å². The second kappa shape index (κ2) is 3.36. The molecule has 72 valence electrons. The molecule has 0 spiro atoms. The molecule has 0 saturated heterocycles.